The minimum Gasteiger partial charge on any atom is -0.480 e. The highest BCUT2D eigenvalue weighted by Crippen LogP contribution is 2.17. The molecule has 1 heterocycles. The second-order valence-electron chi connectivity index (χ2n) is 5.04. The molecule has 104 valence electrons. The van der Waals surface area contributed by atoms with Gasteiger partial charge in [-0.05, 0) is 18.8 Å². The SMILES string of the molecule is CC(C)[C@H](N)C(=O)NC(C[C@@H]1CCCO1)C(=O)O. The number of rotatable bonds is 6. The monoisotopic (exact) mass is 258 g/mol. The van der Waals surface area contributed by atoms with E-state index in [-0.39, 0.29) is 12.0 Å². The first-order valence-corrected chi connectivity index (χ1v) is 6.32. The van der Waals surface area contributed by atoms with Gasteiger partial charge in [-0.2, -0.15) is 0 Å². The Labute approximate surface area is 107 Å². The van der Waals surface area contributed by atoms with Gasteiger partial charge < -0.3 is 20.9 Å². The highest BCUT2D eigenvalue weighted by Gasteiger charge is 2.28. The molecule has 0 aromatic carbocycles. The van der Waals surface area contributed by atoms with E-state index in [1.54, 1.807) is 0 Å². The van der Waals surface area contributed by atoms with Crippen molar-refractivity contribution in [1.29, 1.82) is 0 Å². The summed E-state index contributed by atoms with van der Waals surface area (Å²) >= 11 is 0. The van der Waals surface area contributed by atoms with E-state index in [9.17, 15) is 9.59 Å². The average molecular weight is 258 g/mol. The Bertz CT molecular complexity index is 300. The van der Waals surface area contributed by atoms with Crippen LogP contribution in [0.2, 0.25) is 0 Å². The fourth-order valence-electron chi connectivity index (χ4n) is 1.89. The van der Waals surface area contributed by atoms with Crippen LogP contribution >= 0.6 is 0 Å². The summed E-state index contributed by atoms with van der Waals surface area (Å²) in [7, 11) is 0. The molecular weight excluding hydrogens is 236 g/mol. The van der Waals surface area contributed by atoms with E-state index in [1.807, 2.05) is 13.8 Å². The lowest BCUT2D eigenvalue weighted by Gasteiger charge is -2.21. The molecule has 1 fully saturated rings. The van der Waals surface area contributed by atoms with Gasteiger partial charge in [-0.25, -0.2) is 4.79 Å². The van der Waals surface area contributed by atoms with Crippen molar-refractivity contribution >= 4 is 11.9 Å². The van der Waals surface area contributed by atoms with E-state index in [1.165, 1.54) is 0 Å². The third kappa shape index (κ3) is 4.27. The third-order valence-corrected chi connectivity index (χ3v) is 3.16. The predicted octanol–water partition coefficient (Wildman–Crippen LogP) is 0.108. The van der Waals surface area contributed by atoms with Crippen LogP contribution in [0.3, 0.4) is 0 Å². The maximum Gasteiger partial charge on any atom is 0.326 e. The third-order valence-electron chi connectivity index (χ3n) is 3.16. The molecule has 0 aromatic heterocycles. The number of aliphatic carboxylic acids is 1. The normalized spacial score (nSPS) is 22.8. The van der Waals surface area contributed by atoms with Gasteiger partial charge in [0.25, 0.3) is 0 Å². The number of amides is 1. The first-order valence-electron chi connectivity index (χ1n) is 6.32. The van der Waals surface area contributed by atoms with E-state index in [0.29, 0.717) is 13.0 Å². The average Bonchev–Trinajstić information content (AvgIpc) is 2.79. The number of ether oxygens (including phenoxy) is 1. The topological polar surface area (TPSA) is 102 Å². The van der Waals surface area contributed by atoms with Crippen LogP contribution in [0.25, 0.3) is 0 Å². The van der Waals surface area contributed by atoms with Gasteiger partial charge in [0.05, 0.1) is 12.1 Å². The summed E-state index contributed by atoms with van der Waals surface area (Å²) in [6.07, 6.45) is 2.00. The Kier molecular flexibility index (Phi) is 5.55. The quantitative estimate of drug-likeness (QED) is 0.627. The lowest BCUT2D eigenvalue weighted by molar-refractivity contribution is -0.143. The fourth-order valence-corrected chi connectivity index (χ4v) is 1.89. The minimum atomic E-state index is -1.05. The largest absolute Gasteiger partial charge is 0.480 e. The van der Waals surface area contributed by atoms with Gasteiger partial charge >= 0.3 is 5.97 Å². The van der Waals surface area contributed by atoms with E-state index in [4.69, 9.17) is 15.6 Å². The van der Waals surface area contributed by atoms with E-state index < -0.39 is 24.0 Å². The number of nitrogens with two attached hydrogens (primary N) is 1. The molecule has 0 spiro atoms. The summed E-state index contributed by atoms with van der Waals surface area (Å²) in [6.45, 7) is 4.30. The van der Waals surface area contributed by atoms with Crippen molar-refractivity contribution in [1.82, 2.24) is 5.32 Å². The second kappa shape index (κ2) is 6.70. The first-order chi connectivity index (χ1) is 8.41. The van der Waals surface area contributed by atoms with Crippen LogP contribution in [0.1, 0.15) is 33.1 Å². The van der Waals surface area contributed by atoms with Crippen molar-refractivity contribution in [2.45, 2.75) is 51.3 Å². The Morgan fingerprint density at radius 2 is 2.17 bits per heavy atom. The van der Waals surface area contributed by atoms with Gasteiger partial charge in [-0.1, -0.05) is 13.8 Å². The second-order valence-corrected chi connectivity index (χ2v) is 5.04. The molecule has 0 radical (unpaired) electrons. The van der Waals surface area contributed by atoms with Gasteiger partial charge in [0.2, 0.25) is 5.91 Å². The van der Waals surface area contributed by atoms with E-state index in [0.717, 1.165) is 12.8 Å². The molecule has 6 heteroatoms. The Morgan fingerprint density at radius 3 is 2.61 bits per heavy atom. The molecule has 18 heavy (non-hydrogen) atoms. The molecule has 3 atom stereocenters. The van der Waals surface area contributed by atoms with Crippen LogP contribution in [0.5, 0.6) is 0 Å². The molecule has 0 aliphatic carbocycles. The summed E-state index contributed by atoms with van der Waals surface area (Å²) in [5, 5.41) is 11.6. The number of carboxylic acids is 1. The highest BCUT2D eigenvalue weighted by molar-refractivity contribution is 5.86. The Balaban J connectivity index is 2.51. The zero-order chi connectivity index (χ0) is 13.7. The maximum atomic E-state index is 11.7. The molecule has 1 rings (SSSR count). The molecule has 0 aromatic rings. The highest BCUT2D eigenvalue weighted by atomic mass is 16.5. The van der Waals surface area contributed by atoms with Gasteiger partial charge in [0, 0.05) is 13.0 Å². The zero-order valence-corrected chi connectivity index (χ0v) is 10.9. The standard InChI is InChI=1S/C12H22N2O4/c1-7(2)10(13)11(15)14-9(12(16)17)6-8-4-3-5-18-8/h7-10H,3-6,13H2,1-2H3,(H,14,15)(H,16,17)/t8-,9?,10-/m0/s1. The lowest BCUT2D eigenvalue weighted by Crippen LogP contribution is -2.51. The van der Waals surface area contributed by atoms with Crippen LogP contribution in [-0.2, 0) is 14.3 Å². The van der Waals surface area contributed by atoms with Crippen molar-refractivity contribution in [2.75, 3.05) is 6.61 Å². The summed E-state index contributed by atoms with van der Waals surface area (Å²) < 4.78 is 5.38. The molecule has 6 nitrogen and oxygen atoms in total. The van der Waals surface area contributed by atoms with Crippen LogP contribution in [0, 0.1) is 5.92 Å². The van der Waals surface area contributed by atoms with Crippen molar-refractivity contribution in [2.24, 2.45) is 11.7 Å². The number of carbonyl (C=O) groups excluding carboxylic acids is 1. The summed E-state index contributed by atoms with van der Waals surface area (Å²) in [4.78, 5) is 22.8. The van der Waals surface area contributed by atoms with Crippen molar-refractivity contribution < 1.29 is 19.4 Å². The van der Waals surface area contributed by atoms with Gasteiger partial charge in [0.15, 0.2) is 0 Å². The van der Waals surface area contributed by atoms with Gasteiger partial charge in [-0.15, -0.1) is 0 Å². The van der Waals surface area contributed by atoms with Crippen LogP contribution in [-0.4, -0.2) is 41.8 Å². The molecular formula is C12H22N2O4. The molecule has 1 saturated heterocycles. The molecule has 1 aliphatic rings. The molecule has 0 saturated carbocycles. The lowest BCUT2D eigenvalue weighted by atomic mass is 10.0. The molecule has 1 amide bonds. The van der Waals surface area contributed by atoms with Crippen molar-refractivity contribution in [3.05, 3.63) is 0 Å². The Morgan fingerprint density at radius 1 is 1.50 bits per heavy atom. The number of hydrogen-bond donors (Lipinski definition) is 3. The van der Waals surface area contributed by atoms with Gasteiger partial charge in [-0.3, -0.25) is 4.79 Å². The molecule has 4 N–H and O–H groups in total. The van der Waals surface area contributed by atoms with Crippen molar-refractivity contribution in [3.63, 3.8) is 0 Å². The fraction of sp³-hybridized carbons (Fsp3) is 0.833. The van der Waals surface area contributed by atoms with Crippen molar-refractivity contribution in [3.8, 4) is 0 Å². The van der Waals surface area contributed by atoms with Crippen LogP contribution in [0.4, 0.5) is 0 Å². The predicted molar refractivity (Wildman–Crippen MR) is 66.0 cm³/mol. The first kappa shape index (κ1) is 14.9. The summed E-state index contributed by atoms with van der Waals surface area (Å²) in [5.41, 5.74) is 5.68. The minimum absolute atomic E-state index is 0.0258. The molecule has 0 bridgehead atoms. The number of carboxylic acid groups (broad SMARTS) is 1. The summed E-state index contributed by atoms with van der Waals surface area (Å²) in [5.74, 6) is -1.49. The smallest absolute Gasteiger partial charge is 0.326 e. The maximum absolute atomic E-state index is 11.7. The van der Waals surface area contributed by atoms with E-state index >= 15 is 0 Å². The molecule has 1 aliphatic heterocycles. The van der Waals surface area contributed by atoms with Gasteiger partial charge in [0.1, 0.15) is 6.04 Å². The van der Waals surface area contributed by atoms with E-state index in [2.05, 4.69) is 5.32 Å². The Hall–Kier alpha value is -1.14. The number of carbonyl (C=O) groups is 2. The summed E-state index contributed by atoms with van der Waals surface area (Å²) in [6, 6.07) is -1.61. The number of nitrogens with one attached hydrogen (secondary N) is 1. The number of hydrogen-bond acceptors (Lipinski definition) is 4. The van der Waals surface area contributed by atoms with Crippen LogP contribution < -0.4 is 11.1 Å². The van der Waals surface area contributed by atoms with Crippen LogP contribution in [0.15, 0.2) is 0 Å². The zero-order valence-electron chi connectivity index (χ0n) is 10.9. The molecule has 1 unspecified atom stereocenters.